The number of hydrogen-bond donors (Lipinski definition) is 1. The molecule has 1 aromatic rings. The lowest BCUT2D eigenvalue weighted by Gasteiger charge is -2.26. The summed E-state index contributed by atoms with van der Waals surface area (Å²) >= 11 is 0. The Labute approximate surface area is 144 Å². The Bertz CT molecular complexity index is 683. The van der Waals surface area contributed by atoms with Crippen molar-refractivity contribution in [1.82, 2.24) is 4.90 Å². The molecular formula is C16H20N2O7. The summed E-state index contributed by atoms with van der Waals surface area (Å²) in [5, 5.41) is 20.4. The summed E-state index contributed by atoms with van der Waals surface area (Å²) in [5.74, 6) is -1.15. The summed E-state index contributed by atoms with van der Waals surface area (Å²) in [4.78, 5) is 35.2. The van der Waals surface area contributed by atoms with Gasteiger partial charge in [0.15, 0.2) is 5.75 Å². The fraction of sp³-hybridized carbons (Fsp3) is 0.500. The van der Waals surface area contributed by atoms with E-state index in [0.717, 1.165) is 4.90 Å². The van der Waals surface area contributed by atoms with Crippen molar-refractivity contribution in [2.75, 3.05) is 6.54 Å². The van der Waals surface area contributed by atoms with E-state index in [1.165, 1.54) is 18.2 Å². The molecule has 9 heteroatoms. The highest BCUT2D eigenvalue weighted by Crippen LogP contribution is 2.30. The first-order valence-corrected chi connectivity index (χ1v) is 7.71. The molecule has 1 amide bonds. The van der Waals surface area contributed by atoms with Gasteiger partial charge in [-0.1, -0.05) is 12.1 Å². The fourth-order valence-corrected chi connectivity index (χ4v) is 2.53. The molecule has 1 N–H and O–H groups in total. The molecule has 1 aromatic carbocycles. The van der Waals surface area contributed by atoms with Crippen LogP contribution in [0.5, 0.6) is 5.75 Å². The summed E-state index contributed by atoms with van der Waals surface area (Å²) in [6.07, 6.45) is -1.43. The van der Waals surface area contributed by atoms with Gasteiger partial charge in [-0.2, -0.15) is 0 Å². The Morgan fingerprint density at radius 2 is 1.96 bits per heavy atom. The van der Waals surface area contributed by atoms with E-state index in [1.54, 1.807) is 26.8 Å². The molecule has 2 atom stereocenters. The number of nitrogens with zero attached hydrogens (tertiary/aromatic N) is 2. The molecule has 0 aliphatic carbocycles. The Morgan fingerprint density at radius 1 is 1.32 bits per heavy atom. The standard InChI is InChI=1S/C16H20N2O7/c1-16(2,3)25-15(21)17-9-10(8-12(17)14(19)20)24-13-7-5-4-6-11(13)18(22)23/h4-7,10,12H,8-9H2,1-3H3,(H,19,20)/t10?,12-/m0/s1. The molecule has 1 saturated heterocycles. The number of nitro groups is 1. The van der Waals surface area contributed by atoms with Crippen molar-refractivity contribution in [3.05, 3.63) is 34.4 Å². The SMILES string of the molecule is CC(C)(C)OC(=O)N1CC(Oc2ccccc2[N+](=O)[O-])C[C@H]1C(=O)O. The number of benzene rings is 1. The van der Waals surface area contributed by atoms with Gasteiger partial charge < -0.3 is 14.6 Å². The first kappa shape index (κ1) is 18.5. The van der Waals surface area contributed by atoms with Gasteiger partial charge >= 0.3 is 17.7 Å². The number of rotatable bonds is 4. The van der Waals surface area contributed by atoms with Gasteiger partial charge in [-0.05, 0) is 26.8 Å². The smallest absolute Gasteiger partial charge is 0.411 e. The number of carbonyl (C=O) groups is 2. The number of nitro benzene ring substituents is 1. The molecule has 1 aliphatic rings. The second-order valence-corrected chi connectivity index (χ2v) is 6.69. The summed E-state index contributed by atoms with van der Waals surface area (Å²) < 4.78 is 10.8. The van der Waals surface area contributed by atoms with Gasteiger partial charge in [-0.15, -0.1) is 0 Å². The maximum absolute atomic E-state index is 12.2. The van der Waals surface area contributed by atoms with Gasteiger partial charge in [0, 0.05) is 12.5 Å². The van der Waals surface area contributed by atoms with E-state index in [-0.39, 0.29) is 24.4 Å². The van der Waals surface area contributed by atoms with Crippen LogP contribution < -0.4 is 4.74 Å². The van der Waals surface area contributed by atoms with E-state index in [0.29, 0.717) is 0 Å². The molecule has 1 heterocycles. The minimum atomic E-state index is -1.18. The third kappa shape index (κ3) is 4.59. The van der Waals surface area contributed by atoms with Crippen LogP contribution in [-0.4, -0.2) is 51.3 Å². The zero-order valence-corrected chi connectivity index (χ0v) is 14.2. The average molecular weight is 352 g/mol. The molecule has 0 saturated carbocycles. The van der Waals surface area contributed by atoms with Crippen molar-refractivity contribution < 1.29 is 29.1 Å². The minimum absolute atomic E-state index is 0.0145. The van der Waals surface area contributed by atoms with E-state index < -0.39 is 34.7 Å². The Kier molecular flexibility index (Phi) is 5.15. The van der Waals surface area contributed by atoms with Crippen LogP contribution in [0.3, 0.4) is 0 Å². The van der Waals surface area contributed by atoms with E-state index in [2.05, 4.69) is 0 Å². The monoisotopic (exact) mass is 352 g/mol. The molecular weight excluding hydrogens is 332 g/mol. The quantitative estimate of drug-likeness (QED) is 0.653. The van der Waals surface area contributed by atoms with Gasteiger partial charge in [0.05, 0.1) is 11.5 Å². The Morgan fingerprint density at radius 3 is 2.52 bits per heavy atom. The number of likely N-dealkylation sites (tertiary alicyclic amines) is 1. The molecule has 1 unspecified atom stereocenters. The second kappa shape index (κ2) is 6.96. The van der Waals surface area contributed by atoms with Crippen LogP contribution in [0, 0.1) is 10.1 Å². The number of para-hydroxylation sites is 2. The molecule has 0 bridgehead atoms. The number of amides is 1. The van der Waals surface area contributed by atoms with Crippen LogP contribution in [0.4, 0.5) is 10.5 Å². The number of carboxylic acid groups (broad SMARTS) is 1. The van der Waals surface area contributed by atoms with E-state index in [4.69, 9.17) is 9.47 Å². The van der Waals surface area contributed by atoms with Gasteiger partial charge in [-0.25, -0.2) is 9.59 Å². The second-order valence-electron chi connectivity index (χ2n) is 6.69. The Balaban J connectivity index is 2.16. The van der Waals surface area contributed by atoms with Crippen molar-refractivity contribution in [3.8, 4) is 5.75 Å². The first-order valence-electron chi connectivity index (χ1n) is 7.71. The van der Waals surface area contributed by atoms with Crippen molar-refractivity contribution in [3.63, 3.8) is 0 Å². The lowest BCUT2D eigenvalue weighted by Crippen LogP contribution is -2.43. The predicted octanol–water partition coefficient (Wildman–Crippen LogP) is 2.44. The van der Waals surface area contributed by atoms with E-state index in [9.17, 15) is 24.8 Å². The zero-order chi connectivity index (χ0) is 18.8. The maximum atomic E-state index is 12.2. The highest BCUT2D eigenvalue weighted by atomic mass is 16.6. The third-order valence-corrected chi connectivity index (χ3v) is 3.53. The number of ether oxygens (including phenoxy) is 2. The number of aliphatic carboxylic acids is 1. The first-order chi connectivity index (χ1) is 11.6. The molecule has 0 spiro atoms. The zero-order valence-electron chi connectivity index (χ0n) is 14.2. The van der Waals surface area contributed by atoms with Crippen LogP contribution >= 0.6 is 0 Å². The molecule has 1 fully saturated rings. The summed E-state index contributed by atoms with van der Waals surface area (Å²) in [6, 6.07) is 4.71. The maximum Gasteiger partial charge on any atom is 0.411 e. The average Bonchev–Trinajstić information content (AvgIpc) is 2.90. The molecule has 136 valence electrons. The van der Waals surface area contributed by atoms with Crippen molar-refractivity contribution >= 4 is 17.7 Å². The number of hydrogen-bond acceptors (Lipinski definition) is 6. The highest BCUT2D eigenvalue weighted by molar-refractivity contribution is 5.81. The van der Waals surface area contributed by atoms with Gasteiger partial charge in [0.1, 0.15) is 17.7 Å². The van der Waals surface area contributed by atoms with Crippen molar-refractivity contribution in [1.29, 1.82) is 0 Å². The molecule has 0 radical (unpaired) electrons. The largest absolute Gasteiger partial charge is 0.482 e. The molecule has 9 nitrogen and oxygen atoms in total. The normalized spacial score (nSPS) is 20.2. The Hall–Kier alpha value is -2.84. The summed E-state index contributed by atoms with van der Waals surface area (Å²) in [5.41, 5.74) is -0.984. The van der Waals surface area contributed by atoms with Crippen LogP contribution in [-0.2, 0) is 9.53 Å². The number of carbonyl (C=O) groups excluding carboxylic acids is 1. The molecule has 2 rings (SSSR count). The molecule has 1 aliphatic heterocycles. The molecule has 0 aromatic heterocycles. The lowest BCUT2D eigenvalue weighted by atomic mass is 10.2. The summed E-state index contributed by atoms with van der Waals surface area (Å²) in [7, 11) is 0. The van der Waals surface area contributed by atoms with Crippen LogP contribution in [0.2, 0.25) is 0 Å². The van der Waals surface area contributed by atoms with Gasteiger partial charge in [0.25, 0.3) is 0 Å². The lowest BCUT2D eigenvalue weighted by molar-refractivity contribution is -0.386. The van der Waals surface area contributed by atoms with Crippen molar-refractivity contribution in [2.45, 2.75) is 44.9 Å². The predicted molar refractivity (Wildman–Crippen MR) is 86.5 cm³/mol. The van der Waals surface area contributed by atoms with Gasteiger partial charge in [0.2, 0.25) is 0 Å². The fourth-order valence-electron chi connectivity index (χ4n) is 2.53. The topological polar surface area (TPSA) is 119 Å². The molecule has 25 heavy (non-hydrogen) atoms. The van der Waals surface area contributed by atoms with Crippen molar-refractivity contribution in [2.24, 2.45) is 0 Å². The van der Waals surface area contributed by atoms with Gasteiger partial charge in [-0.3, -0.25) is 15.0 Å². The summed E-state index contributed by atoms with van der Waals surface area (Å²) in [6.45, 7) is 5.01. The van der Waals surface area contributed by atoms with E-state index >= 15 is 0 Å². The number of carboxylic acids is 1. The van der Waals surface area contributed by atoms with Crippen LogP contribution in [0.1, 0.15) is 27.2 Å². The minimum Gasteiger partial charge on any atom is -0.482 e. The van der Waals surface area contributed by atoms with E-state index in [1.807, 2.05) is 0 Å². The highest BCUT2D eigenvalue weighted by Gasteiger charge is 2.43. The van der Waals surface area contributed by atoms with Crippen LogP contribution in [0.15, 0.2) is 24.3 Å². The van der Waals surface area contributed by atoms with Crippen LogP contribution in [0.25, 0.3) is 0 Å². The third-order valence-electron chi connectivity index (χ3n) is 3.53.